The van der Waals surface area contributed by atoms with E-state index in [2.05, 4.69) is 20.6 Å². The van der Waals surface area contributed by atoms with Gasteiger partial charge in [0.25, 0.3) is 0 Å². The van der Waals surface area contributed by atoms with E-state index in [9.17, 15) is 18.0 Å². The van der Waals surface area contributed by atoms with Crippen LogP contribution in [-0.4, -0.2) is 25.8 Å². The van der Waals surface area contributed by atoms with Gasteiger partial charge in [0.1, 0.15) is 5.82 Å². The fraction of sp³-hybridized carbons (Fsp3) is 0.200. The van der Waals surface area contributed by atoms with Crippen molar-refractivity contribution in [1.82, 2.24) is 19.9 Å². The third-order valence-electron chi connectivity index (χ3n) is 4.31. The van der Waals surface area contributed by atoms with E-state index >= 15 is 0 Å². The second-order valence-electron chi connectivity index (χ2n) is 6.63. The fourth-order valence-electron chi connectivity index (χ4n) is 2.96. The van der Waals surface area contributed by atoms with Crippen molar-refractivity contribution in [2.75, 3.05) is 5.32 Å². The molecule has 0 aliphatic rings. The first-order chi connectivity index (χ1) is 14.8. The maximum atomic E-state index is 13.4. The van der Waals surface area contributed by atoms with Gasteiger partial charge in [0, 0.05) is 18.9 Å². The summed E-state index contributed by atoms with van der Waals surface area (Å²) in [4.78, 5) is 17.5. The number of thiophene rings is 1. The van der Waals surface area contributed by atoms with Gasteiger partial charge in [-0.2, -0.15) is 23.3 Å². The van der Waals surface area contributed by atoms with Gasteiger partial charge in [0.05, 0.1) is 21.8 Å². The molecule has 31 heavy (non-hydrogen) atoms. The lowest BCUT2D eigenvalue weighted by Gasteiger charge is -2.15. The molecule has 4 aromatic rings. The molecule has 7 nitrogen and oxygen atoms in total. The number of aromatic nitrogens is 4. The van der Waals surface area contributed by atoms with E-state index in [0.29, 0.717) is 17.4 Å². The normalized spacial score (nSPS) is 11.6. The number of carbonyl (C=O) groups excluding carboxylic acids is 1. The van der Waals surface area contributed by atoms with Crippen LogP contribution in [0.2, 0.25) is 0 Å². The molecule has 160 valence electrons. The summed E-state index contributed by atoms with van der Waals surface area (Å²) in [6.07, 6.45) is -4.36. The van der Waals surface area contributed by atoms with E-state index in [0.717, 1.165) is 15.6 Å². The first-order valence-corrected chi connectivity index (χ1v) is 10.1. The van der Waals surface area contributed by atoms with Crippen LogP contribution in [0.5, 0.6) is 0 Å². The van der Waals surface area contributed by atoms with Crippen LogP contribution in [0, 0.1) is 6.92 Å². The highest BCUT2D eigenvalue weighted by molar-refractivity contribution is 7.13. The zero-order valence-corrected chi connectivity index (χ0v) is 17.0. The number of rotatable bonds is 6. The van der Waals surface area contributed by atoms with Crippen LogP contribution in [0.3, 0.4) is 0 Å². The molecule has 0 atom stereocenters. The lowest BCUT2D eigenvalue weighted by Crippen LogP contribution is -2.17. The highest BCUT2D eigenvalue weighted by Gasteiger charge is 2.34. The number of hydrogen-bond acceptors (Lipinski definition) is 6. The number of nitrogens with zero attached hydrogens (tertiary/aromatic N) is 4. The van der Waals surface area contributed by atoms with Crippen molar-refractivity contribution >= 4 is 23.1 Å². The molecule has 0 radical (unpaired) electrons. The molecule has 0 saturated heterocycles. The number of nitrogens with one attached hydrogen (secondary N) is 1. The number of carbonyl (C=O) groups is 1. The SMILES string of the molecule is Cc1cc(NC(=O)CCc2nc(-c3cccs3)no2)n(-c2ccccc2C(F)(F)F)n1. The number of amides is 1. The van der Waals surface area contributed by atoms with Gasteiger partial charge in [-0.3, -0.25) is 4.79 Å². The maximum absolute atomic E-state index is 13.4. The van der Waals surface area contributed by atoms with Gasteiger partial charge >= 0.3 is 6.18 Å². The molecule has 1 N–H and O–H groups in total. The molecule has 11 heteroatoms. The summed E-state index contributed by atoms with van der Waals surface area (Å²) in [5.74, 6) is 0.471. The number of aryl methyl sites for hydroxylation is 2. The van der Waals surface area contributed by atoms with Gasteiger partial charge in [-0.05, 0) is 30.5 Å². The third-order valence-corrected chi connectivity index (χ3v) is 5.18. The number of para-hydroxylation sites is 1. The summed E-state index contributed by atoms with van der Waals surface area (Å²) in [5, 5.41) is 12.5. The van der Waals surface area contributed by atoms with Crippen molar-refractivity contribution in [2.45, 2.75) is 25.9 Å². The molecule has 0 aliphatic heterocycles. The van der Waals surface area contributed by atoms with Crippen molar-refractivity contribution in [3.63, 3.8) is 0 Å². The molecule has 0 unspecified atom stereocenters. The van der Waals surface area contributed by atoms with Crippen LogP contribution in [-0.2, 0) is 17.4 Å². The van der Waals surface area contributed by atoms with E-state index in [1.165, 1.54) is 35.6 Å². The largest absolute Gasteiger partial charge is 0.418 e. The Labute approximate surface area is 178 Å². The van der Waals surface area contributed by atoms with Crippen molar-refractivity contribution in [1.29, 1.82) is 0 Å². The molecule has 1 amide bonds. The average Bonchev–Trinajstić information content (AvgIpc) is 3.46. The van der Waals surface area contributed by atoms with Crippen LogP contribution in [0.1, 0.15) is 23.6 Å². The van der Waals surface area contributed by atoms with Gasteiger partial charge in [0.15, 0.2) is 0 Å². The Morgan fingerprint density at radius 3 is 2.77 bits per heavy atom. The fourth-order valence-corrected chi connectivity index (χ4v) is 3.61. The van der Waals surface area contributed by atoms with Crippen LogP contribution < -0.4 is 5.32 Å². The molecule has 0 aliphatic carbocycles. The second-order valence-corrected chi connectivity index (χ2v) is 7.58. The predicted molar refractivity (Wildman–Crippen MR) is 108 cm³/mol. The Balaban J connectivity index is 1.48. The summed E-state index contributed by atoms with van der Waals surface area (Å²) < 4.78 is 46.4. The quantitative estimate of drug-likeness (QED) is 0.455. The summed E-state index contributed by atoms with van der Waals surface area (Å²) in [6.45, 7) is 1.63. The Hall–Kier alpha value is -3.47. The number of benzene rings is 1. The van der Waals surface area contributed by atoms with Gasteiger partial charge in [-0.1, -0.05) is 23.4 Å². The first kappa shape index (κ1) is 20.8. The maximum Gasteiger partial charge on any atom is 0.418 e. The monoisotopic (exact) mass is 447 g/mol. The van der Waals surface area contributed by atoms with Gasteiger partial charge in [-0.25, -0.2) is 4.68 Å². The summed E-state index contributed by atoms with van der Waals surface area (Å²) in [6, 6.07) is 10.3. The predicted octanol–water partition coefficient (Wildman–Crippen LogP) is 4.88. The van der Waals surface area contributed by atoms with Crippen LogP contribution >= 0.6 is 11.3 Å². The molecule has 3 aromatic heterocycles. The molecule has 0 fully saturated rings. The molecule has 0 spiro atoms. The number of hydrogen-bond donors (Lipinski definition) is 1. The van der Waals surface area contributed by atoms with Crippen LogP contribution in [0.25, 0.3) is 16.4 Å². The molecule has 0 bridgehead atoms. The summed E-state index contributed by atoms with van der Waals surface area (Å²) >= 11 is 1.47. The molecule has 3 heterocycles. The van der Waals surface area contributed by atoms with Crippen molar-refractivity contribution in [3.8, 4) is 16.4 Å². The van der Waals surface area contributed by atoms with Gasteiger partial charge < -0.3 is 9.84 Å². The minimum atomic E-state index is -4.56. The molecule has 1 aromatic carbocycles. The van der Waals surface area contributed by atoms with Gasteiger partial charge in [-0.15, -0.1) is 11.3 Å². The Bertz CT molecular complexity index is 1200. The summed E-state index contributed by atoms with van der Waals surface area (Å²) in [7, 11) is 0. The van der Waals surface area contributed by atoms with E-state index in [1.807, 2.05) is 17.5 Å². The van der Waals surface area contributed by atoms with Crippen LogP contribution in [0.15, 0.2) is 52.4 Å². The highest BCUT2D eigenvalue weighted by Crippen LogP contribution is 2.34. The summed E-state index contributed by atoms with van der Waals surface area (Å²) in [5.41, 5.74) is -0.554. The lowest BCUT2D eigenvalue weighted by molar-refractivity contribution is -0.137. The Morgan fingerprint density at radius 2 is 2.03 bits per heavy atom. The average molecular weight is 447 g/mol. The standard InChI is InChI=1S/C20H16F3N5O2S/c1-12-11-16(28(26-12)14-6-3-2-5-13(14)20(21,22)23)24-17(29)8-9-18-25-19(27-30-18)15-7-4-10-31-15/h2-7,10-11H,8-9H2,1H3,(H,24,29). The topological polar surface area (TPSA) is 85.8 Å². The van der Waals surface area contributed by atoms with E-state index < -0.39 is 17.6 Å². The van der Waals surface area contributed by atoms with E-state index in [1.54, 1.807) is 6.92 Å². The molecular formula is C20H16F3N5O2S. The van der Waals surface area contributed by atoms with E-state index in [4.69, 9.17) is 4.52 Å². The minimum absolute atomic E-state index is 0.0111. The highest BCUT2D eigenvalue weighted by atomic mass is 32.1. The first-order valence-electron chi connectivity index (χ1n) is 9.21. The third kappa shape index (κ3) is 4.66. The number of alkyl halides is 3. The second kappa shape index (κ2) is 8.34. The molecular weight excluding hydrogens is 431 g/mol. The van der Waals surface area contributed by atoms with Crippen molar-refractivity contribution < 1.29 is 22.5 Å². The smallest absolute Gasteiger partial charge is 0.339 e. The Morgan fingerprint density at radius 1 is 1.23 bits per heavy atom. The van der Waals surface area contributed by atoms with Crippen LogP contribution in [0.4, 0.5) is 19.0 Å². The minimum Gasteiger partial charge on any atom is -0.339 e. The van der Waals surface area contributed by atoms with Crippen molar-refractivity contribution in [2.24, 2.45) is 0 Å². The zero-order chi connectivity index (χ0) is 22.0. The number of halogens is 3. The lowest BCUT2D eigenvalue weighted by atomic mass is 10.1. The number of anilines is 1. The molecule has 4 rings (SSSR count). The zero-order valence-electron chi connectivity index (χ0n) is 16.2. The van der Waals surface area contributed by atoms with Gasteiger partial charge in [0.2, 0.25) is 17.6 Å². The molecule has 0 saturated carbocycles. The Kier molecular flexibility index (Phi) is 5.59. The van der Waals surface area contributed by atoms with Crippen molar-refractivity contribution in [3.05, 3.63) is 65.0 Å². The van der Waals surface area contributed by atoms with E-state index in [-0.39, 0.29) is 24.3 Å².